The largest absolute Gasteiger partial charge is 0.355 e. The molecule has 220 valence electrons. The van der Waals surface area contributed by atoms with Crippen molar-refractivity contribution in [2.24, 2.45) is 0 Å². The maximum Gasteiger partial charge on any atom is 0.355 e. The molecule has 1 fully saturated rings. The molecule has 4 heterocycles. The molecule has 1 aliphatic heterocycles. The van der Waals surface area contributed by atoms with E-state index in [0.29, 0.717) is 35.6 Å². The monoisotopic (exact) mass is 590 g/mol. The van der Waals surface area contributed by atoms with Crippen LogP contribution in [0.15, 0.2) is 41.2 Å². The standard InChI is InChI=1S/C32H36ClFN6O2/c1-8-22-13-18(4)29(27(35-22)17(2)3)40-31-24(14-25(33)28(36-31)23-11-9-10-12-26(23)34)30(37-32(40)42)39-16-19(5)38(21(7)41)15-20(39)6/h9-14,17,19-20H,8,15-16H2,1-7H3/t19-,20+/m1/s1. The van der Waals surface area contributed by atoms with Gasteiger partial charge in [-0.15, -0.1) is 0 Å². The number of rotatable bonds is 5. The van der Waals surface area contributed by atoms with E-state index in [1.54, 1.807) is 31.2 Å². The summed E-state index contributed by atoms with van der Waals surface area (Å²) < 4.78 is 16.5. The van der Waals surface area contributed by atoms with Crippen molar-refractivity contribution >= 4 is 34.4 Å². The second-order valence-electron chi connectivity index (χ2n) is 11.4. The number of hydrogen-bond donors (Lipinski definition) is 0. The molecule has 8 nitrogen and oxygen atoms in total. The van der Waals surface area contributed by atoms with E-state index in [2.05, 4.69) is 4.98 Å². The first-order chi connectivity index (χ1) is 19.9. The highest BCUT2D eigenvalue weighted by atomic mass is 35.5. The highest BCUT2D eigenvalue weighted by molar-refractivity contribution is 6.33. The molecule has 0 aliphatic carbocycles. The van der Waals surface area contributed by atoms with Crippen LogP contribution in [0.1, 0.15) is 64.4 Å². The van der Waals surface area contributed by atoms with Gasteiger partial charge in [0.2, 0.25) is 5.91 Å². The summed E-state index contributed by atoms with van der Waals surface area (Å²) in [6.07, 6.45) is 0.751. The van der Waals surface area contributed by atoms with E-state index in [9.17, 15) is 9.59 Å². The Hall–Kier alpha value is -3.85. The molecule has 42 heavy (non-hydrogen) atoms. The number of aromatic nitrogens is 4. The second-order valence-corrected chi connectivity index (χ2v) is 11.8. The molecule has 5 rings (SSSR count). The molecule has 1 saturated heterocycles. The fourth-order valence-electron chi connectivity index (χ4n) is 5.86. The van der Waals surface area contributed by atoms with E-state index in [4.69, 9.17) is 21.6 Å². The van der Waals surface area contributed by atoms with Crippen LogP contribution in [0.5, 0.6) is 0 Å². The van der Waals surface area contributed by atoms with Crippen LogP contribution in [0, 0.1) is 12.7 Å². The highest BCUT2D eigenvalue weighted by Crippen LogP contribution is 2.36. The lowest BCUT2D eigenvalue weighted by atomic mass is 10.0. The summed E-state index contributed by atoms with van der Waals surface area (Å²) in [5.41, 5.74) is 3.44. The zero-order valence-electron chi connectivity index (χ0n) is 25.1. The molecule has 4 aromatic rings. The summed E-state index contributed by atoms with van der Waals surface area (Å²) >= 11 is 6.81. The third-order valence-electron chi connectivity index (χ3n) is 7.99. The van der Waals surface area contributed by atoms with Gasteiger partial charge < -0.3 is 9.80 Å². The Labute approximate surface area is 250 Å². The van der Waals surface area contributed by atoms with Gasteiger partial charge in [-0.05, 0) is 62.9 Å². The van der Waals surface area contributed by atoms with Crippen LogP contribution >= 0.6 is 11.6 Å². The van der Waals surface area contributed by atoms with Gasteiger partial charge in [-0.1, -0.05) is 44.5 Å². The number of halogens is 2. The molecular weight excluding hydrogens is 555 g/mol. The summed E-state index contributed by atoms with van der Waals surface area (Å²) in [6.45, 7) is 14.6. The van der Waals surface area contributed by atoms with Crippen LogP contribution in [0.25, 0.3) is 28.0 Å². The number of anilines is 1. The lowest BCUT2D eigenvalue weighted by Crippen LogP contribution is -2.58. The van der Waals surface area contributed by atoms with Gasteiger partial charge in [-0.3, -0.25) is 9.78 Å². The highest BCUT2D eigenvalue weighted by Gasteiger charge is 2.33. The van der Waals surface area contributed by atoms with E-state index >= 15 is 4.39 Å². The number of amides is 1. The Morgan fingerprint density at radius 2 is 1.81 bits per heavy atom. The summed E-state index contributed by atoms with van der Waals surface area (Å²) in [5.74, 6) is -0.0256. The molecule has 3 aromatic heterocycles. The zero-order valence-corrected chi connectivity index (χ0v) is 25.8. The summed E-state index contributed by atoms with van der Waals surface area (Å²) in [7, 11) is 0. The number of carbonyl (C=O) groups excluding carboxylic acids is 1. The van der Waals surface area contributed by atoms with Gasteiger partial charge in [-0.2, -0.15) is 4.98 Å². The van der Waals surface area contributed by atoms with E-state index < -0.39 is 11.5 Å². The molecule has 1 aromatic carbocycles. The number of hydrogen-bond acceptors (Lipinski definition) is 6. The van der Waals surface area contributed by atoms with Crippen molar-refractivity contribution in [2.45, 2.75) is 72.9 Å². The van der Waals surface area contributed by atoms with Crippen molar-refractivity contribution in [2.75, 3.05) is 18.0 Å². The molecule has 0 bridgehead atoms. The van der Waals surface area contributed by atoms with Crippen LogP contribution in [0.2, 0.25) is 5.02 Å². The fraction of sp³-hybridized carbons (Fsp3) is 0.406. The molecule has 0 saturated carbocycles. The van der Waals surface area contributed by atoms with Crippen molar-refractivity contribution in [3.8, 4) is 16.9 Å². The average molecular weight is 591 g/mol. The van der Waals surface area contributed by atoms with Crippen molar-refractivity contribution < 1.29 is 9.18 Å². The molecule has 1 aliphatic rings. The SMILES string of the molecule is CCc1cc(C)c(-n2c(=O)nc(N3C[C@@H](C)N(C(C)=O)C[C@@H]3C)c3cc(Cl)c(-c4ccccc4F)nc32)c(C(C)C)n1. The van der Waals surface area contributed by atoms with Gasteiger partial charge in [0.05, 0.1) is 27.5 Å². The summed E-state index contributed by atoms with van der Waals surface area (Å²) in [6, 6.07) is 9.77. The minimum absolute atomic E-state index is 0.00110. The van der Waals surface area contributed by atoms with Crippen LogP contribution in [-0.4, -0.2) is 55.5 Å². The zero-order chi connectivity index (χ0) is 30.5. The predicted octanol–water partition coefficient (Wildman–Crippen LogP) is 6.07. The van der Waals surface area contributed by atoms with Crippen molar-refractivity contribution in [3.05, 3.63) is 74.7 Å². The lowest BCUT2D eigenvalue weighted by molar-refractivity contribution is -0.131. The number of piperazine rings is 1. The molecule has 0 spiro atoms. The number of aryl methyl sites for hydroxylation is 2. The van der Waals surface area contributed by atoms with Crippen molar-refractivity contribution in [1.29, 1.82) is 0 Å². The van der Waals surface area contributed by atoms with Gasteiger partial charge in [-0.25, -0.2) is 18.7 Å². The molecule has 0 unspecified atom stereocenters. The molecule has 0 N–H and O–H groups in total. The van der Waals surface area contributed by atoms with Gasteiger partial charge in [0.1, 0.15) is 11.6 Å². The van der Waals surface area contributed by atoms with Gasteiger partial charge >= 0.3 is 5.69 Å². The Morgan fingerprint density at radius 3 is 2.45 bits per heavy atom. The van der Waals surface area contributed by atoms with Gasteiger partial charge in [0, 0.05) is 43.4 Å². The van der Waals surface area contributed by atoms with Crippen LogP contribution in [0.3, 0.4) is 0 Å². The maximum absolute atomic E-state index is 15.0. The number of nitrogens with zero attached hydrogens (tertiary/aromatic N) is 6. The molecule has 10 heteroatoms. The van der Waals surface area contributed by atoms with E-state index in [1.807, 2.05) is 57.4 Å². The predicted molar refractivity (Wildman–Crippen MR) is 165 cm³/mol. The van der Waals surface area contributed by atoms with E-state index in [-0.39, 0.29) is 40.2 Å². The summed E-state index contributed by atoms with van der Waals surface area (Å²) in [5, 5.41) is 0.799. The maximum atomic E-state index is 15.0. The smallest absolute Gasteiger partial charge is 0.349 e. The van der Waals surface area contributed by atoms with Crippen molar-refractivity contribution in [3.63, 3.8) is 0 Å². The first-order valence-electron chi connectivity index (χ1n) is 14.4. The number of fused-ring (bicyclic) bond motifs is 1. The third-order valence-corrected chi connectivity index (χ3v) is 8.28. The summed E-state index contributed by atoms with van der Waals surface area (Å²) in [4.78, 5) is 44.7. The van der Waals surface area contributed by atoms with Gasteiger partial charge in [0.15, 0.2) is 5.65 Å². The normalized spacial score (nSPS) is 17.4. The van der Waals surface area contributed by atoms with Crippen molar-refractivity contribution in [1.82, 2.24) is 24.4 Å². The van der Waals surface area contributed by atoms with E-state index in [0.717, 1.165) is 23.4 Å². The van der Waals surface area contributed by atoms with Crippen LogP contribution in [-0.2, 0) is 11.2 Å². The Balaban J connectivity index is 1.86. The van der Waals surface area contributed by atoms with E-state index in [1.165, 1.54) is 10.6 Å². The average Bonchev–Trinajstić information content (AvgIpc) is 2.94. The Kier molecular flexibility index (Phi) is 8.07. The number of carbonyl (C=O) groups is 1. The Morgan fingerprint density at radius 1 is 1.10 bits per heavy atom. The molecule has 2 atom stereocenters. The third kappa shape index (κ3) is 5.15. The molecule has 0 radical (unpaired) electrons. The fourth-order valence-corrected chi connectivity index (χ4v) is 6.12. The number of benzene rings is 1. The van der Waals surface area contributed by atoms with Gasteiger partial charge in [0.25, 0.3) is 0 Å². The number of pyridine rings is 2. The van der Waals surface area contributed by atoms with Crippen LogP contribution < -0.4 is 10.6 Å². The molecular formula is C32H36ClFN6O2. The minimum atomic E-state index is -0.517. The second kappa shape index (κ2) is 11.4. The minimum Gasteiger partial charge on any atom is -0.349 e. The van der Waals surface area contributed by atoms with Crippen LogP contribution in [0.4, 0.5) is 10.2 Å². The first-order valence-corrected chi connectivity index (χ1v) is 14.7. The molecule has 1 amide bonds. The topological polar surface area (TPSA) is 84.2 Å². The quantitative estimate of drug-likeness (QED) is 0.280. The first kappa shape index (κ1) is 29.6. The Bertz CT molecular complexity index is 1750. The lowest BCUT2D eigenvalue weighted by Gasteiger charge is -2.44.